The van der Waals surface area contributed by atoms with Gasteiger partial charge in [-0.05, 0) is 6.92 Å². The van der Waals surface area contributed by atoms with Gasteiger partial charge in [-0.25, -0.2) is 0 Å². The second kappa shape index (κ2) is 2.37. The van der Waals surface area contributed by atoms with Crippen molar-refractivity contribution >= 4 is 8.80 Å². The van der Waals surface area contributed by atoms with Gasteiger partial charge in [0.2, 0.25) is 0 Å². The monoisotopic (exact) mass is 103 g/mol. The van der Waals surface area contributed by atoms with Crippen LogP contribution >= 0.6 is 0 Å². The van der Waals surface area contributed by atoms with Crippen LogP contribution in [0.2, 0.25) is 13.1 Å². The molecular formula is C4H11OSi. The van der Waals surface area contributed by atoms with Crippen LogP contribution in [0.3, 0.4) is 0 Å². The third-order valence-corrected chi connectivity index (χ3v) is 2.51. The fourth-order valence-corrected chi connectivity index (χ4v) is 0. The fourth-order valence-electron chi connectivity index (χ4n) is 0. The first-order valence-electron chi connectivity index (χ1n) is 2.12. The first-order chi connectivity index (χ1) is 2.64. The van der Waals surface area contributed by atoms with Gasteiger partial charge < -0.3 is 5.11 Å². The number of hydrogen-bond donors (Lipinski definition) is 1. The molecule has 2 heteroatoms. The predicted octanol–water partition coefficient (Wildman–Crippen LogP) is 0.661. The standard InChI is InChI=1S/C4H11OSi/c1-4(5)6(2)3/h4-5H,1-3H3. The first-order valence-corrected chi connectivity index (χ1v) is 4.70. The maximum Gasteiger partial charge on any atom is 0.0775 e. The van der Waals surface area contributed by atoms with E-state index in [-0.39, 0.29) is 5.73 Å². The smallest absolute Gasteiger partial charge is 0.0775 e. The van der Waals surface area contributed by atoms with Crippen LogP contribution in [0.25, 0.3) is 0 Å². The number of rotatable bonds is 1. The molecule has 1 radical (unpaired) electrons. The van der Waals surface area contributed by atoms with E-state index in [0.717, 1.165) is 0 Å². The lowest BCUT2D eigenvalue weighted by Crippen LogP contribution is -2.19. The summed E-state index contributed by atoms with van der Waals surface area (Å²) in [6.45, 7) is 6.03. The molecule has 0 heterocycles. The molecule has 0 aliphatic carbocycles. The Morgan fingerprint density at radius 3 is 1.67 bits per heavy atom. The highest BCUT2D eigenvalue weighted by Gasteiger charge is 2.00. The fraction of sp³-hybridized carbons (Fsp3) is 1.00. The second-order valence-corrected chi connectivity index (χ2v) is 4.74. The molecule has 1 unspecified atom stereocenters. The summed E-state index contributed by atoms with van der Waals surface area (Å²) < 4.78 is 0. The van der Waals surface area contributed by atoms with E-state index >= 15 is 0 Å². The molecular weight excluding hydrogens is 92.1 g/mol. The van der Waals surface area contributed by atoms with Crippen molar-refractivity contribution in [1.29, 1.82) is 0 Å². The zero-order valence-electron chi connectivity index (χ0n) is 4.52. The number of aliphatic hydroxyl groups is 1. The van der Waals surface area contributed by atoms with E-state index in [2.05, 4.69) is 13.1 Å². The Morgan fingerprint density at radius 2 is 1.67 bits per heavy atom. The van der Waals surface area contributed by atoms with Crippen LogP contribution in [-0.4, -0.2) is 19.6 Å². The van der Waals surface area contributed by atoms with Crippen molar-refractivity contribution in [2.24, 2.45) is 0 Å². The van der Waals surface area contributed by atoms with Crippen molar-refractivity contribution in [2.75, 3.05) is 0 Å². The van der Waals surface area contributed by atoms with Crippen LogP contribution in [0.4, 0.5) is 0 Å². The summed E-state index contributed by atoms with van der Waals surface area (Å²) in [5.74, 6) is 0. The van der Waals surface area contributed by atoms with Crippen molar-refractivity contribution in [3.8, 4) is 0 Å². The van der Waals surface area contributed by atoms with E-state index in [4.69, 9.17) is 5.11 Å². The van der Waals surface area contributed by atoms with Crippen LogP contribution in [0.1, 0.15) is 6.92 Å². The molecule has 0 aromatic carbocycles. The van der Waals surface area contributed by atoms with Gasteiger partial charge >= 0.3 is 0 Å². The summed E-state index contributed by atoms with van der Waals surface area (Å²) in [6, 6.07) is 0. The Morgan fingerprint density at radius 1 is 1.50 bits per heavy atom. The summed E-state index contributed by atoms with van der Waals surface area (Å²) in [6.07, 6.45) is 0. The Kier molecular flexibility index (Phi) is 2.44. The highest BCUT2D eigenvalue weighted by Crippen LogP contribution is 1.85. The van der Waals surface area contributed by atoms with Crippen molar-refractivity contribution in [3.05, 3.63) is 0 Å². The maximum absolute atomic E-state index is 8.67. The third kappa shape index (κ3) is 2.42. The van der Waals surface area contributed by atoms with Crippen LogP contribution < -0.4 is 0 Å². The third-order valence-electron chi connectivity index (χ3n) is 0.836. The van der Waals surface area contributed by atoms with Crippen molar-refractivity contribution in [1.82, 2.24) is 0 Å². The zero-order chi connectivity index (χ0) is 5.15. The molecule has 0 saturated heterocycles. The molecule has 6 heavy (non-hydrogen) atoms. The Hall–Kier alpha value is 0.177. The molecule has 0 aliphatic heterocycles. The largest absolute Gasteiger partial charge is 0.397 e. The molecule has 1 atom stereocenters. The highest BCUT2D eigenvalue weighted by molar-refractivity contribution is 6.56. The van der Waals surface area contributed by atoms with Crippen LogP contribution in [0.5, 0.6) is 0 Å². The first kappa shape index (κ1) is 6.18. The quantitative estimate of drug-likeness (QED) is 0.483. The Balaban J connectivity index is 2.99. The van der Waals surface area contributed by atoms with E-state index in [1.165, 1.54) is 0 Å². The molecule has 0 fully saturated rings. The second-order valence-electron chi connectivity index (χ2n) is 1.75. The highest BCUT2D eigenvalue weighted by atomic mass is 28.3. The van der Waals surface area contributed by atoms with Crippen molar-refractivity contribution in [2.45, 2.75) is 25.7 Å². The summed E-state index contributed by atoms with van der Waals surface area (Å²) in [5.41, 5.74) is -0.0463. The summed E-state index contributed by atoms with van der Waals surface area (Å²) in [7, 11) is -0.396. The molecule has 0 spiro atoms. The number of aliphatic hydroxyl groups excluding tert-OH is 1. The normalized spacial score (nSPS) is 15.5. The van der Waals surface area contributed by atoms with Crippen LogP contribution in [0.15, 0.2) is 0 Å². The topological polar surface area (TPSA) is 20.2 Å². The predicted molar refractivity (Wildman–Crippen MR) is 29.2 cm³/mol. The lowest BCUT2D eigenvalue weighted by Gasteiger charge is -2.02. The summed E-state index contributed by atoms with van der Waals surface area (Å²) in [4.78, 5) is 0. The average molecular weight is 103 g/mol. The van der Waals surface area contributed by atoms with E-state index in [0.29, 0.717) is 0 Å². The maximum atomic E-state index is 8.67. The Bertz CT molecular complexity index is 28.5. The molecule has 0 aromatic heterocycles. The SMILES string of the molecule is CC(O)[Si](C)C. The van der Waals surface area contributed by atoms with Crippen LogP contribution in [0, 0.1) is 0 Å². The van der Waals surface area contributed by atoms with Gasteiger partial charge in [0.15, 0.2) is 0 Å². The van der Waals surface area contributed by atoms with Gasteiger partial charge in [-0.1, -0.05) is 13.1 Å². The van der Waals surface area contributed by atoms with Crippen molar-refractivity contribution < 1.29 is 5.11 Å². The Labute approximate surface area is 40.6 Å². The zero-order valence-corrected chi connectivity index (χ0v) is 5.52. The lowest BCUT2D eigenvalue weighted by atomic mass is 10.9. The van der Waals surface area contributed by atoms with Crippen molar-refractivity contribution in [3.63, 3.8) is 0 Å². The molecule has 1 nitrogen and oxygen atoms in total. The van der Waals surface area contributed by atoms with Crippen LogP contribution in [-0.2, 0) is 0 Å². The van der Waals surface area contributed by atoms with Gasteiger partial charge in [0.05, 0.1) is 8.80 Å². The van der Waals surface area contributed by atoms with E-state index in [1.54, 1.807) is 0 Å². The molecule has 0 saturated carbocycles. The summed E-state index contributed by atoms with van der Waals surface area (Å²) >= 11 is 0. The van der Waals surface area contributed by atoms with E-state index in [9.17, 15) is 0 Å². The van der Waals surface area contributed by atoms with E-state index < -0.39 is 8.80 Å². The van der Waals surface area contributed by atoms with Gasteiger partial charge in [0.25, 0.3) is 0 Å². The average Bonchev–Trinajstić information content (AvgIpc) is 1.36. The minimum atomic E-state index is -0.396. The lowest BCUT2D eigenvalue weighted by molar-refractivity contribution is 0.269. The van der Waals surface area contributed by atoms with Gasteiger partial charge in [-0.3, -0.25) is 0 Å². The molecule has 0 aromatic rings. The molecule has 37 valence electrons. The molecule has 0 rings (SSSR count). The molecule has 0 bridgehead atoms. The van der Waals surface area contributed by atoms with E-state index in [1.807, 2.05) is 6.92 Å². The number of hydrogen-bond acceptors (Lipinski definition) is 1. The minimum Gasteiger partial charge on any atom is -0.397 e. The van der Waals surface area contributed by atoms with Gasteiger partial charge in [-0.15, -0.1) is 0 Å². The minimum absolute atomic E-state index is 0.0463. The van der Waals surface area contributed by atoms with Gasteiger partial charge in [0.1, 0.15) is 0 Å². The molecule has 0 amide bonds. The molecule has 0 aliphatic rings. The van der Waals surface area contributed by atoms with Gasteiger partial charge in [-0.2, -0.15) is 0 Å². The molecule has 1 N–H and O–H groups in total. The van der Waals surface area contributed by atoms with Gasteiger partial charge in [0, 0.05) is 5.73 Å². The summed E-state index contributed by atoms with van der Waals surface area (Å²) in [5, 5.41) is 8.67.